The van der Waals surface area contributed by atoms with Gasteiger partial charge in [0.25, 0.3) is 0 Å². The number of ether oxygens (including phenoxy) is 2. The Hall–Kier alpha value is -3.85. The van der Waals surface area contributed by atoms with E-state index in [1.807, 2.05) is 42.0 Å². The molecule has 1 N–H and O–H groups in total. The number of oxime groups is 1. The Labute approximate surface area is 208 Å². The summed E-state index contributed by atoms with van der Waals surface area (Å²) in [5, 5.41) is 15.0. The Balaban J connectivity index is 1.40. The van der Waals surface area contributed by atoms with Crippen LogP contribution in [-0.2, 0) is 15.1 Å². The lowest BCUT2D eigenvalue weighted by Crippen LogP contribution is -2.62. The first kappa shape index (κ1) is 22.6. The monoisotopic (exact) mass is 490 g/mol. The van der Waals surface area contributed by atoms with E-state index in [2.05, 4.69) is 15.0 Å². The van der Waals surface area contributed by atoms with Crippen LogP contribution in [0.1, 0.15) is 29.7 Å². The lowest BCUT2D eigenvalue weighted by Gasteiger charge is -2.50. The number of rotatable bonds is 5. The van der Waals surface area contributed by atoms with Crippen LogP contribution in [0.4, 0.5) is 4.39 Å². The molecule has 3 aromatic rings. The SMILES string of the molecule is COc1cc(/C=C2\OC3(CC3)CN3C2=NOCC3(CO)c2ccc(F)cc2)ccc1-n1cnc(C)c1. The van der Waals surface area contributed by atoms with E-state index in [0.29, 0.717) is 23.9 Å². The number of aryl methyl sites for hydroxylation is 1. The second kappa shape index (κ2) is 8.37. The fourth-order valence-corrected chi connectivity index (χ4v) is 4.95. The molecule has 2 aromatic carbocycles. The molecule has 0 amide bonds. The van der Waals surface area contributed by atoms with Gasteiger partial charge in [0, 0.05) is 6.20 Å². The van der Waals surface area contributed by atoms with E-state index in [1.54, 1.807) is 25.6 Å². The van der Waals surface area contributed by atoms with Crippen LogP contribution in [0, 0.1) is 12.7 Å². The van der Waals surface area contributed by atoms with Crippen molar-refractivity contribution in [2.24, 2.45) is 5.16 Å². The summed E-state index contributed by atoms with van der Waals surface area (Å²) in [6, 6.07) is 12.1. The molecule has 8 nitrogen and oxygen atoms in total. The van der Waals surface area contributed by atoms with E-state index in [-0.39, 0.29) is 24.6 Å². The molecule has 9 heteroatoms. The Bertz CT molecular complexity index is 1360. The van der Waals surface area contributed by atoms with Crippen molar-refractivity contribution in [2.45, 2.75) is 30.9 Å². The molecule has 1 saturated heterocycles. The number of aromatic nitrogens is 2. The van der Waals surface area contributed by atoms with Gasteiger partial charge in [-0.2, -0.15) is 0 Å². The molecule has 3 heterocycles. The third-order valence-electron chi connectivity index (χ3n) is 7.16. The lowest BCUT2D eigenvalue weighted by molar-refractivity contribution is -0.0722. The number of morpholine rings is 1. The first-order valence-electron chi connectivity index (χ1n) is 11.9. The van der Waals surface area contributed by atoms with Gasteiger partial charge in [0.05, 0.1) is 38.0 Å². The minimum absolute atomic E-state index is 0.148. The summed E-state index contributed by atoms with van der Waals surface area (Å²) in [7, 11) is 1.63. The van der Waals surface area contributed by atoms with Crippen LogP contribution >= 0.6 is 0 Å². The largest absolute Gasteiger partial charge is 0.495 e. The van der Waals surface area contributed by atoms with Gasteiger partial charge in [0.2, 0.25) is 5.84 Å². The maximum atomic E-state index is 13.7. The van der Waals surface area contributed by atoms with E-state index >= 15 is 0 Å². The lowest BCUT2D eigenvalue weighted by atomic mass is 9.87. The molecule has 6 rings (SSSR count). The molecule has 1 aromatic heterocycles. The molecule has 2 aliphatic heterocycles. The fraction of sp³-hybridized carbons (Fsp3) is 0.333. The molecule has 1 spiro atoms. The third-order valence-corrected chi connectivity index (χ3v) is 7.16. The first-order chi connectivity index (χ1) is 17.4. The fourth-order valence-electron chi connectivity index (χ4n) is 4.95. The Morgan fingerprint density at radius 3 is 2.67 bits per heavy atom. The molecule has 1 saturated carbocycles. The van der Waals surface area contributed by atoms with Gasteiger partial charge in [-0.1, -0.05) is 23.4 Å². The van der Waals surface area contributed by atoms with E-state index in [9.17, 15) is 9.50 Å². The van der Waals surface area contributed by atoms with Crippen LogP contribution in [0.5, 0.6) is 5.75 Å². The second-order valence-electron chi connectivity index (χ2n) is 9.62. The molecule has 1 atom stereocenters. The summed E-state index contributed by atoms with van der Waals surface area (Å²) in [5.41, 5.74) is 2.17. The van der Waals surface area contributed by atoms with Crippen molar-refractivity contribution in [3.8, 4) is 11.4 Å². The highest BCUT2D eigenvalue weighted by molar-refractivity contribution is 6.01. The molecule has 2 fully saturated rings. The maximum absolute atomic E-state index is 13.7. The van der Waals surface area contributed by atoms with Gasteiger partial charge < -0.3 is 28.9 Å². The zero-order valence-electron chi connectivity index (χ0n) is 20.1. The topological polar surface area (TPSA) is 81.3 Å². The number of fused-ring (bicyclic) bond motifs is 1. The molecule has 0 bridgehead atoms. The summed E-state index contributed by atoms with van der Waals surface area (Å²) in [6.45, 7) is 2.43. The first-order valence-corrected chi connectivity index (χ1v) is 11.9. The van der Waals surface area contributed by atoms with Crippen molar-refractivity contribution in [3.63, 3.8) is 0 Å². The molecule has 3 aliphatic rings. The van der Waals surface area contributed by atoms with Crippen molar-refractivity contribution >= 4 is 11.9 Å². The molecule has 36 heavy (non-hydrogen) atoms. The van der Waals surface area contributed by atoms with Gasteiger partial charge in [-0.3, -0.25) is 0 Å². The molecular weight excluding hydrogens is 463 g/mol. The molecule has 1 unspecified atom stereocenters. The van der Waals surface area contributed by atoms with Gasteiger partial charge in [0.1, 0.15) is 29.3 Å². The average Bonchev–Trinajstić information content (AvgIpc) is 3.49. The Morgan fingerprint density at radius 1 is 1.19 bits per heavy atom. The minimum atomic E-state index is -0.899. The quantitative estimate of drug-likeness (QED) is 0.587. The van der Waals surface area contributed by atoms with Crippen molar-refractivity contribution < 1.29 is 23.8 Å². The number of methoxy groups -OCH3 is 1. The standard InChI is InChI=1S/C27H27FN4O4/c1-18-13-31(17-29-18)22-8-3-19(11-23(22)34-2)12-24-25-30-35-16-27(15-33,20-4-6-21(28)7-5-20)32(25)14-26(36-24)9-10-26/h3-8,11-13,17,33H,9-10,14-16H2,1-2H3/b24-12-. The molecule has 0 radical (unpaired) electrons. The molecule has 1 aliphatic carbocycles. The summed E-state index contributed by atoms with van der Waals surface area (Å²) in [6.07, 6.45) is 7.41. The zero-order chi connectivity index (χ0) is 24.9. The molecule has 186 valence electrons. The van der Waals surface area contributed by atoms with Gasteiger partial charge >= 0.3 is 0 Å². The summed E-state index contributed by atoms with van der Waals surface area (Å²) < 4.78 is 27.7. The van der Waals surface area contributed by atoms with Crippen LogP contribution in [0.2, 0.25) is 0 Å². The maximum Gasteiger partial charge on any atom is 0.211 e. The number of imidazole rings is 1. The van der Waals surface area contributed by atoms with Crippen molar-refractivity contribution in [1.29, 1.82) is 0 Å². The van der Waals surface area contributed by atoms with Crippen LogP contribution in [0.3, 0.4) is 0 Å². The third kappa shape index (κ3) is 3.71. The van der Waals surface area contributed by atoms with Crippen molar-refractivity contribution in [3.05, 3.63) is 83.4 Å². The van der Waals surface area contributed by atoms with E-state index in [4.69, 9.17) is 14.3 Å². The number of hydrogen-bond donors (Lipinski definition) is 1. The predicted octanol–water partition coefficient (Wildman–Crippen LogP) is 3.77. The van der Waals surface area contributed by atoms with Crippen molar-refractivity contribution in [2.75, 3.05) is 26.9 Å². The normalized spacial score (nSPS) is 23.1. The Morgan fingerprint density at radius 2 is 2.00 bits per heavy atom. The van der Waals surface area contributed by atoms with E-state index in [0.717, 1.165) is 35.3 Å². The van der Waals surface area contributed by atoms with Crippen LogP contribution in [0.25, 0.3) is 11.8 Å². The van der Waals surface area contributed by atoms with E-state index < -0.39 is 5.54 Å². The average molecular weight is 491 g/mol. The summed E-state index contributed by atoms with van der Waals surface area (Å²) >= 11 is 0. The Kier molecular flexibility index (Phi) is 5.26. The smallest absolute Gasteiger partial charge is 0.211 e. The number of hydrogen-bond acceptors (Lipinski definition) is 7. The highest BCUT2D eigenvalue weighted by Gasteiger charge is 2.57. The number of amidine groups is 1. The second-order valence-corrected chi connectivity index (χ2v) is 9.62. The van der Waals surface area contributed by atoms with E-state index in [1.165, 1.54) is 12.1 Å². The summed E-state index contributed by atoms with van der Waals surface area (Å²) in [4.78, 5) is 12.0. The van der Waals surface area contributed by atoms with Crippen LogP contribution in [-0.4, -0.2) is 57.9 Å². The number of aliphatic hydroxyl groups is 1. The zero-order valence-corrected chi connectivity index (χ0v) is 20.1. The van der Waals surface area contributed by atoms with Crippen LogP contribution < -0.4 is 4.74 Å². The highest BCUT2D eigenvalue weighted by atomic mass is 19.1. The number of aliphatic hydroxyl groups excluding tert-OH is 1. The van der Waals surface area contributed by atoms with Gasteiger partial charge in [-0.05, 0) is 61.2 Å². The summed E-state index contributed by atoms with van der Waals surface area (Å²) in [5.74, 6) is 1.42. The van der Waals surface area contributed by atoms with Crippen LogP contribution in [0.15, 0.2) is 65.9 Å². The predicted molar refractivity (Wildman–Crippen MR) is 131 cm³/mol. The minimum Gasteiger partial charge on any atom is -0.495 e. The number of benzene rings is 2. The molecular formula is C27H27FN4O4. The van der Waals surface area contributed by atoms with Gasteiger partial charge in [-0.25, -0.2) is 9.37 Å². The highest BCUT2D eigenvalue weighted by Crippen LogP contribution is 2.49. The van der Waals surface area contributed by atoms with Crippen molar-refractivity contribution in [1.82, 2.24) is 14.5 Å². The number of nitrogens with zero attached hydrogens (tertiary/aromatic N) is 4. The number of halogens is 1. The van der Waals surface area contributed by atoms with Gasteiger partial charge in [0.15, 0.2) is 5.76 Å². The van der Waals surface area contributed by atoms with Gasteiger partial charge in [-0.15, -0.1) is 0 Å².